The summed E-state index contributed by atoms with van der Waals surface area (Å²) in [5, 5.41) is 9.75. The van der Waals surface area contributed by atoms with Gasteiger partial charge in [-0.05, 0) is 24.3 Å². The van der Waals surface area contributed by atoms with Crippen LogP contribution in [0.1, 0.15) is 12.8 Å². The van der Waals surface area contributed by atoms with Crippen LogP contribution < -0.4 is 4.74 Å². The third-order valence-electron chi connectivity index (χ3n) is 4.37. The van der Waals surface area contributed by atoms with E-state index in [0.717, 1.165) is 0 Å². The quantitative estimate of drug-likeness (QED) is 0.833. The molecule has 1 N–H and O–H groups in total. The summed E-state index contributed by atoms with van der Waals surface area (Å²) < 4.78 is 36.5. The topological polar surface area (TPSA) is 89.9 Å². The first-order valence-electron chi connectivity index (χ1n) is 8.28. The lowest BCUT2D eigenvalue weighted by Gasteiger charge is -2.37. The summed E-state index contributed by atoms with van der Waals surface area (Å²) in [5.41, 5.74) is -1.50. The van der Waals surface area contributed by atoms with E-state index in [2.05, 4.69) is 0 Å². The number of aliphatic carboxylic acids is 1. The van der Waals surface area contributed by atoms with E-state index >= 15 is 0 Å². The van der Waals surface area contributed by atoms with Crippen molar-refractivity contribution < 1.29 is 27.8 Å². The predicted octanol–water partition coefficient (Wildman–Crippen LogP) is 2.54. The fourth-order valence-electron chi connectivity index (χ4n) is 3.04. The maximum absolute atomic E-state index is 12.6. The van der Waals surface area contributed by atoms with Gasteiger partial charge >= 0.3 is 5.97 Å². The Morgan fingerprint density at radius 1 is 1.12 bits per heavy atom. The summed E-state index contributed by atoms with van der Waals surface area (Å²) in [5.74, 6) is -0.974. The normalized spacial score (nSPS) is 23.3. The molecule has 0 spiro atoms. The van der Waals surface area contributed by atoms with Crippen LogP contribution in [0, 0.1) is 0 Å². The second kappa shape index (κ2) is 7.47. The van der Waals surface area contributed by atoms with E-state index in [1.54, 1.807) is 48.5 Å². The van der Waals surface area contributed by atoms with E-state index in [1.165, 1.54) is 12.1 Å². The number of carbonyl (C=O) groups is 1. The van der Waals surface area contributed by atoms with Crippen LogP contribution in [0.15, 0.2) is 65.6 Å². The standard InChI is InChI=1S/C19H20O6S/c20-18(21)19(25-15-7-3-1-4-8-15)11-12-24-16(13-19)14-26(22,23)17-9-5-2-6-10-17/h1-10,16H,11-14H2,(H,20,21). The molecule has 3 rings (SSSR count). The number of rotatable bonds is 6. The summed E-state index contributed by atoms with van der Waals surface area (Å²) in [6.07, 6.45) is -0.642. The van der Waals surface area contributed by atoms with Crippen LogP contribution in [0.2, 0.25) is 0 Å². The molecular formula is C19H20O6S. The van der Waals surface area contributed by atoms with Crippen molar-refractivity contribution in [1.82, 2.24) is 0 Å². The van der Waals surface area contributed by atoms with Gasteiger partial charge < -0.3 is 14.6 Å². The fourth-order valence-corrected chi connectivity index (χ4v) is 4.51. The number of carboxylic acids is 1. The van der Waals surface area contributed by atoms with Gasteiger partial charge in [0, 0.05) is 12.8 Å². The van der Waals surface area contributed by atoms with E-state index in [1.807, 2.05) is 0 Å². The lowest BCUT2D eigenvalue weighted by Crippen LogP contribution is -2.52. The molecule has 26 heavy (non-hydrogen) atoms. The first-order chi connectivity index (χ1) is 12.4. The van der Waals surface area contributed by atoms with Crippen molar-refractivity contribution >= 4 is 15.8 Å². The average Bonchev–Trinajstić information content (AvgIpc) is 2.63. The SMILES string of the molecule is O=C(O)C1(Oc2ccccc2)CCOC(CS(=O)(=O)c2ccccc2)C1. The molecule has 0 saturated carbocycles. The van der Waals surface area contributed by atoms with Gasteiger partial charge in [0.1, 0.15) is 5.75 Å². The van der Waals surface area contributed by atoms with Crippen LogP contribution >= 0.6 is 0 Å². The number of hydrogen-bond acceptors (Lipinski definition) is 5. The molecule has 0 aliphatic carbocycles. The third kappa shape index (κ3) is 4.05. The molecule has 2 atom stereocenters. The molecular weight excluding hydrogens is 356 g/mol. The zero-order valence-electron chi connectivity index (χ0n) is 14.1. The molecule has 2 aromatic rings. The Bertz CT molecular complexity index is 850. The van der Waals surface area contributed by atoms with E-state index in [4.69, 9.17) is 9.47 Å². The minimum absolute atomic E-state index is 0.0384. The number of para-hydroxylation sites is 1. The van der Waals surface area contributed by atoms with E-state index in [0.29, 0.717) is 5.75 Å². The maximum atomic E-state index is 12.6. The molecule has 0 bridgehead atoms. The second-order valence-corrected chi connectivity index (χ2v) is 8.29. The molecule has 0 amide bonds. The number of hydrogen-bond donors (Lipinski definition) is 1. The lowest BCUT2D eigenvalue weighted by atomic mass is 9.90. The molecule has 7 heteroatoms. The van der Waals surface area contributed by atoms with Gasteiger partial charge in [-0.2, -0.15) is 0 Å². The highest BCUT2D eigenvalue weighted by molar-refractivity contribution is 7.91. The largest absolute Gasteiger partial charge is 0.478 e. The highest BCUT2D eigenvalue weighted by atomic mass is 32.2. The summed E-state index contributed by atoms with van der Waals surface area (Å²) in [6.45, 7) is 0.119. The monoisotopic (exact) mass is 376 g/mol. The molecule has 2 aromatic carbocycles. The average molecular weight is 376 g/mol. The zero-order chi connectivity index (χ0) is 18.6. The summed E-state index contributed by atoms with van der Waals surface area (Å²) in [4.78, 5) is 12.1. The van der Waals surface area contributed by atoms with Crippen molar-refractivity contribution in [3.05, 3.63) is 60.7 Å². The first kappa shape index (κ1) is 18.4. The van der Waals surface area contributed by atoms with E-state index in [9.17, 15) is 18.3 Å². The van der Waals surface area contributed by atoms with Gasteiger partial charge in [0.15, 0.2) is 9.84 Å². The Hall–Kier alpha value is -2.38. The van der Waals surface area contributed by atoms with Crippen LogP contribution in [0.5, 0.6) is 5.75 Å². The zero-order valence-corrected chi connectivity index (χ0v) is 14.9. The molecule has 1 saturated heterocycles. The Balaban J connectivity index is 1.79. The van der Waals surface area contributed by atoms with Gasteiger partial charge in [-0.3, -0.25) is 0 Å². The van der Waals surface area contributed by atoms with Crippen LogP contribution in [-0.2, 0) is 19.4 Å². The number of benzene rings is 2. The summed E-state index contributed by atoms with van der Waals surface area (Å²) in [6, 6.07) is 16.7. The minimum atomic E-state index is -3.58. The van der Waals surface area contributed by atoms with Crippen LogP contribution in [0.4, 0.5) is 0 Å². The Morgan fingerprint density at radius 2 is 1.73 bits per heavy atom. The highest BCUT2D eigenvalue weighted by Gasteiger charge is 2.47. The number of sulfone groups is 1. The van der Waals surface area contributed by atoms with Crippen LogP contribution in [0.3, 0.4) is 0 Å². The van der Waals surface area contributed by atoms with Crippen molar-refractivity contribution in [1.29, 1.82) is 0 Å². The smallest absolute Gasteiger partial charge is 0.348 e. The highest BCUT2D eigenvalue weighted by Crippen LogP contribution is 2.32. The van der Waals surface area contributed by atoms with E-state index < -0.39 is 27.5 Å². The van der Waals surface area contributed by atoms with Crippen molar-refractivity contribution in [2.75, 3.05) is 12.4 Å². The summed E-state index contributed by atoms with van der Waals surface area (Å²) in [7, 11) is -3.58. The van der Waals surface area contributed by atoms with Crippen molar-refractivity contribution in [2.24, 2.45) is 0 Å². The van der Waals surface area contributed by atoms with Gasteiger partial charge in [-0.15, -0.1) is 0 Å². The fraction of sp³-hybridized carbons (Fsp3) is 0.316. The molecule has 1 fully saturated rings. The third-order valence-corrected chi connectivity index (χ3v) is 6.17. The molecule has 1 heterocycles. The molecule has 2 unspecified atom stereocenters. The first-order valence-corrected chi connectivity index (χ1v) is 9.93. The van der Waals surface area contributed by atoms with Gasteiger partial charge in [-0.1, -0.05) is 36.4 Å². The minimum Gasteiger partial charge on any atom is -0.478 e. The van der Waals surface area contributed by atoms with Crippen LogP contribution in [0.25, 0.3) is 0 Å². The summed E-state index contributed by atoms with van der Waals surface area (Å²) >= 11 is 0. The van der Waals surface area contributed by atoms with Gasteiger partial charge in [-0.25, -0.2) is 13.2 Å². The maximum Gasteiger partial charge on any atom is 0.348 e. The van der Waals surface area contributed by atoms with Crippen LogP contribution in [-0.4, -0.2) is 43.6 Å². The Morgan fingerprint density at radius 3 is 2.35 bits per heavy atom. The van der Waals surface area contributed by atoms with Crippen molar-refractivity contribution in [2.45, 2.75) is 29.4 Å². The predicted molar refractivity (Wildman–Crippen MR) is 94.9 cm³/mol. The molecule has 1 aliphatic rings. The Kier molecular flexibility index (Phi) is 5.29. The second-order valence-electron chi connectivity index (χ2n) is 6.26. The molecule has 138 valence electrons. The van der Waals surface area contributed by atoms with Crippen molar-refractivity contribution in [3.63, 3.8) is 0 Å². The van der Waals surface area contributed by atoms with Gasteiger partial charge in [0.2, 0.25) is 5.60 Å². The molecule has 0 radical (unpaired) electrons. The van der Waals surface area contributed by atoms with E-state index in [-0.39, 0.29) is 30.1 Å². The number of carboxylic acid groups (broad SMARTS) is 1. The van der Waals surface area contributed by atoms with Gasteiger partial charge in [0.25, 0.3) is 0 Å². The lowest BCUT2D eigenvalue weighted by molar-refractivity contribution is -0.168. The number of ether oxygens (including phenoxy) is 2. The van der Waals surface area contributed by atoms with Gasteiger partial charge in [0.05, 0.1) is 23.4 Å². The molecule has 6 nitrogen and oxygen atoms in total. The molecule has 1 aliphatic heterocycles. The Labute approximate surface area is 152 Å². The molecule has 0 aromatic heterocycles. The van der Waals surface area contributed by atoms with Crippen molar-refractivity contribution in [3.8, 4) is 5.75 Å².